The predicted molar refractivity (Wildman–Crippen MR) is 113 cm³/mol. The number of nitrogens with zero attached hydrogens (tertiary/aromatic N) is 1. The topological polar surface area (TPSA) is 49.4 Å². The summed E-state index contributed by atoms with van der Waals surface area (Å²) >= 11 is 0. The fourth-order valence-electron chi connectivity index (χ4n) is 3.94. The van der Waals surface area contributed by atoms with Crippen molar-refractivity contribution in [2.24, 2.45) is 5.92 Å². The first kappa shape index (κ1) is 21.0. The third-order valence-electron chi connectivity index (χ3n) is 5.77. The highest BCUT2D eigenvalue weighted by molar-refractivity contribution is 5.94. The Morgan fingerprint density at radius 2 is 1.55 bits per heavy atom. The van der Waals surface area contributed by atoms with Crippen LogP contribution in [-0.4, -0.2) is 29.8 Å². The summed E-state index contributed by atoms with van der Waals surface area (Å²) in [5.41, 5.74) is 3.66. The molecule has 1 N–H and O–H groups in total. The van der Waals surface area contributed by atoms with Gasteiger partial charge in [0.05, 0.1) is 6.42 Å². The van der Waals surface area contributed by atoms with Crippen LogP contribution in [0.15, 0.2) is 42.5 Å². The first-order valence-electron chi connectivity index (χ1n) is 10.5. The summed E-state index contributed by atoms with van der Waals surface area (Å²) in [7, 11) is 0. The van der Waals surface area contributed by atoms with Crippen LogP contribution in [0.25, 0.3) is 0 Å². The quantitative estimate of drug-likeness (QED) is 0.788. The van der Waals surface area contributed by atoms with Crippen LogP contribution < -0.4 is 5.32 Å². The van der Waals surface area contributed by atoms with Gasteiger partial charge in [-0.1, -0.05) is 50.2 Å². The van der Waals surface area contributed by atoms with E-state index < -0.39 is 0 Å². The van der Waals surface area contributed by atoms with Gasteiger partial charge in [-0.05, 0) is 48.4 Å². The Kier molecular flexibility index (Phi) is 7.02. The van der Waals surface area contributed by atoms with Crippen LogP contribution >= 0.6 is 0 Å². The smallest absolute Gasteiger partial charge is 0.227 e. The lowest BCUT2D eigenvalue weighted by atomic mass is 9.94. The maximum atomic E-state index is 13.8. The summed E-state index contributed by atoms with van der Waals surface area (Å²) < 4.78 is 13.8. The number of benzene rings is 2. The van der Waals surface area contributed by atoms with Gasteiger partial charge in [-0.2, -0.15) is 0 Å². The Morgan fingerprint density at radius 3 is 2.14 bits per heavy atom. The minimum absolute atomic E-state index is 0.0294. The molecule has 0 aliphatic carbocycles. The average molecular weight is 397 g/mol. The highest BCUT2D eigenvalue weighted by atomic mass is 19.1. The molecule has 2 aromatic carbocycles. The summed E-state index contributed by atoms with van der Waals surface area (Å²) in [6.45, 7) is 5.23. The molecule has 1 heterocycles. The number of carbonyl (C=O) groups is 2. The molecule has 0 spiro atoms. The molecule has 29 heavy (non-hydrogen) atoms. The molecular weight excluding hydrogens is 367 g/mol. The largest absolute Gasteiger partial charge is 0.342 e. The molecule has 1 aliphatic rings. The monoisotopic (exact) mass is 396 g/mol. The highest BCUT2D eigenvalue weighted by Crippen LogP contribution is 2.26. The number of piperidine rings is 1. The summed E-state index contributed by atoms with van der Waals surface area (Å²) in [6.07, 6.45) is 3.06. The number of nitrogens with one attached hydrogen (secondary N) is 1. The van der Waals surface area contributed by atoms with E-state index in [2.05, 4.69) is 31.3 Å². The lowest BCUT2D eigenvalue weighted by Crippen LogP contribution is -2.42. The van der Waals surface area contributed by atoms with E-state index in [0.717, 1.165) is 29.7 Å². The molecule has 0 bridgehead atoms. The van der Waals surface area contributed by atoms with Crippen molar-refractivity contribution < 1.29 is 14.0 Å². The first-order valence-corrected chi connectivity index (χ1v) is 10.5. The van der Waals surface area contributed by atoms with Crippen molar-refractivity contribution in [1.82, 2.24) is 4.90 Å². The zero-order valence-corrected chi connectivity index (χ0v) is 17.2. The Morgan fingerprint density at radius 1 is 0.966 bits per heavy atom. The van der Waals surface area contributed by atoms with E-state index in [9.17, 15) is 14.0 Å². The number of hydrogen-bond acceptors (Lipinski definition) is 2. The molecule has 1 aliphatic heterocycles. The predicted octanol–water partition coefficient (Wildman–Crippen LogP) is 4.37. The number of amides is 2. The number of rotatable bonds is 6. The summed E-state index contributed by atoms with van der Waals surface area (Å²) in [5.74, 6) is -0.515. The zero-order chi connectivity index (χ0) is 20.8. The summed E-state index contributed by atoms with van der Waals surface area (Å²) in [4.78, 5) is 27.1. The van der Waals surface area contributed by atoms with Crippen molar-refractivity contribution in [1.29, 1.82) is 0 Å². The second-order valence-corrected chi connectivity index (χ2v) is 7.57. The Bertz CT molecular complexity index is 851. The van der Waals surface area contributed by atoms with Crippen LogP contribution in [0.4, 0.5) is 10.1 Å². The van der Waals surface area contributed by atoms with Crippen molar-refractivity contribution in [2.75, 3.05) is 18.4 Å². The molecule has 1 saturated heterocycles. The number of para-hydroxylation sites is 1. The van der Waals surface area contributed by atoms with Crippen LogP contribution in [0, 0.1) is 11.7 Å². The Balaban J connectivity index is 1.57. The normalized spacial score (nSPS) is 14.7. The van der Waals surface area contributed by atoms with Gasteiger partial charge in [-0.3, -0.25) is 9.59 Å². The molecule has 0 unspecified atom stereocenters. The highest BCUT2D eigenvalue weighted by Gasteiger charge is 2.28. The van der Waals surface area contributed by atoms with Gasteiger partial charge in [-0.15, -0.1) is 0 Å². The van der Waals surface area contributed by atoms with Crippen molar-refractivity contribution in [3.8, 4) is 0 Å². The number of aryl methyl sites for hydroxylation is 2. The second-order valence-electron chi connectivity index (χ2n) is 7.57. The summed E-state index contributed by atoms with van der Waals surface area (Å²) in [6, 6.07) is 12.5. The van der Waals surface area contributed by atoms with E-state index in [4.69, 9.17) is 0 Å². The summed E-state index contributed by atoms with van der Waals surface area (Å²) in [5, 5.41) is 3.15. The number of anilines is 1. The molecule has 2 amide bonds. The van der Waals surface area contributed by atoms with Crippen molar-refractivity contribution in [3.63, 3.8) is 0 Å². The molecule has 0 saturated carbocycles. The lowest BCUT2D eigenvalue weighted by molar-refractivity contribution is -0.133. The van der Waals surface area contributed by atoms with Gasteiger partial charge >= 0.3 is 0 Å². The number of carbonyl (C=O) groups excluding carboxylic acids is 2. The van der Waals surface area contributed by atoms with Gasteiger partial charge in [-0.25, -0.2) is 4.39 Å². The molecule has 0 radical (unpaired) electrons. The average Bonchev–Trinajstić information content (AvgIpc) is 2.75. The maximum Gasteiger partial charge on any atom is 0.227 e. The minimum Gasteiger partial charge on any atom is -0.342 e. The van der Waals surface area contributed by atoms with Crippen molar-refractivity contribution in [3.05, 3.63) is 65.0 Å². The van der Waals surface area contributed by atoms with Crippen LogP contribution in [0.1, 0.15) is 43.4 Å². The second kappa shape index (κ2) is 9.68. The van der Waals surface area contributed by atoms with Crippen LogP contribution in [-0.2, 0) is 28.9 Å². The van der Waals surface area contributed by atoms with Crippen LogP contribution in [0.3, 0.4) is 0 Å². The first-order chi connectivity index (χ1) is 14.0. The molecule has 5 heteroatoms. The maximum absolute atomic E-state index is 13.8. The van der Waals surface area contributed by atoms with Crippen molar-refractivity contribution >= 4 is 17.5 Å². The third-order valence-corrected chi connectivity index (χ3v) is 5.77. The molecule has 1 fully saturated rings. The Labute approximate surface area is 172 Å². The third kappa shape index (κ3) is 5.03. The molecule has 0 aromatic heterocycles. The van der Waals surface area contributed by atoms with Gasteiger partial charge < -0.3 is 10.2 Å². The van der Waals surface area contributed by atoms with Crippen LogP contribution in [0.5, 0.6) is 0 Å². The van der Waals surface area contributed by atoms with E-state index in [1.807, 2.05) is 6.07 Å². The SMILES string of the molecule is CCc1cccc(CC)c1NC(=O)C1CCN(C(=O)Cc2ccccc2F)CC1. The number of hydrogen-bond donors (Lipinski definition) is 1. The van der Waals surface area contributed by atoms with Gasteiger partial charge in [0.25, 0.3) is 0 Å². The number of halogens is 1. The van der Waals surface area contributed by atoms with Gasteiger partial charge in [0.2, 0.25) is 11.8 Å². The Hall–Kier alpha value is -2.69. The fourth-order valence-corrected chi connectivity index (χ4v) is 3.94. The lowest BCUT2D eigenvalue weighted by Gasteiger charge is -2.31. The van der Waals surface area contributed by atoms with E-state index in [1.165, 1.54) is 6.07 Å². The number of likely N-dealkylation sites (tertiary alicyclic amines) is 1. The fraction of sp³-hybridized carbons (Fsp3) is 0.417. The van der Waals surface area contributed by atoms with Gasteiger partial charge in [0.1, 0.15) is 5.82 Å². The molecular formula is C24H29FN2O2. The van der Waals surface area contributed by atoms with Gasteiger partial charge in [0, 0.05) is 24.7 Å². The van der Waals surface area contributed by atoms with Crippen LogP contribution in [0.2, 0.25) is 0 Å². The van der Waals surface area contributed by atoms with Crippen molar-refractivity contribution in [2.45, 2.75) is 46.0 Å². The van der Waals surface area contributed by atoms with E-state index >= 15 is 0 Å². The molecule has 2 aromatic rings. The molecule has 4 nitrogen and oxygen atoms in total. The molecule has 0 atom stereocenters. The molecule has 3 rings (SSSR count). The van der Waals surface area contributed by atoms with Gasteiger partial charge in [0.15, 0.2) is 0 Å². The van der Waals surface area contributed by atoms with E-state index in [1.54, 1.807) is 23.1 Å². The van der Waals surface area contributed by atoms with E-state index in [-0.39, 0.29) is 30.0 Å². The minimum atomic E-state index is -0.351. The standard InChI is InChI=1S/C24H29FN2O2/c1-3-17-9-7-10-18(4-2)23(17)26-24(29)19-12-14-27(15-13-19)22(28)16-20-8-5-6-11-21(20)25/h5-11,19H,3-4,12-16H2,1-2H3,(H,26,29). The zero-order valence-electron chi connectivity index (χ0n) is 17.2. The molecule has 154 valence electrons. The van der Waals surface area contributed by atoms with E-state index in [0.29, 0.717) is 31.5 Å².